The number of aromatic nitrogens is 6. The quantitative estimate of drug-likeness (QED) is 0.426. The Bertz CT molecular complexity index is 1440. The van der Waals surface area contributed by atoms with Crippen LogP contribution >= 0.6 is 0 Å². The minimum atomic E-state index is 0.273. The Kier molecular flexibility index (Phi) is 4.47. The zero-order valence-corrected chi connectivity index (χ0v) is 16.9. The zero-order chi connectivity index (χ0) is 21.4. The zero-order valence-electron chi connectivity index (χ0n) is 16.9. The largest absolute Gasteiger partial charge is 0.457 e. The number of benzene rings is 2. The first-order chi connectivity index (χ1) is 15.1. The molecule has 3 aromatic heterocycles. The predicted octanol–water partition coefficient (Wildman–Crippen LogP) is 4.48. The fraction of sp³-hybridized carbons (Fsp3) is 0.0909. The lowest BCUT2D eigenvalue weighted by Gasteiger charge is -2.12. The predicted molar refractivity (Wildman–Crippen MR) is 120 cm³/mol. The maximum atomic E-state index is 6.09. The fourth-order valence-electron chi connectivity index (χ4n) is 3.30. The molecule has 5 aromatic rings. The Morgan fingerprint density at radius 1 is 1.03 bits per heavy atom. The molecule has 0 bridgehead atoms. The molecule has 0 atom stereocenters. The first-order valence-corrected chi connectivity index (χ1v) is 9.52. The van der Waals surface area contributed by atoms with Gasteiger partial charge in [0, 0.05) is 18.8 Å². The Hall–Kier alpha value is -4.40. The van der Waals surface area contributed by atoms with Crippen molar-refractivity contribution in [3.05, 3.63) is 60.8 Å². The van der Waals surface area contributed by atoms with Gasteiger partial charge >= 0.3 is 0 Å². The van der Waals surface area contributed by atoms with Crippen molar-refractivity contribution in [3.8, 4) is 11.5 Å². The van der Waals surface area contributed by atoms with Crippen LogP contribution in [0.15, 0.2) is 60.2 Å². The lowest BCUT2D eigenvalue weighted by atomic mass is 10.2. The van der Waals surface area contributed by atoms with E-state index in [2.05, 4.69) is 41.9 Å². The van der Waals surface area contributed by atoms with E-state index >= 15 is 0 Å². The van der Waals surface area contributed by atoms with Crippen molar-refractivity contribution in [1.29, 1.82) is 0 Å². The van der Waals surface area contributed by atoms with E-state index in [1.807, 2.05) is 54.9 Å². The lowest BCUT2D eigenvalue weighted by Crippen LogP contribution is -1.99. The highest BCUT2D eigenvalue weighted by Gasteiger charge is 2.10. The van der Waals surface area contributed by atoms with Gasteiger partial charge in [0.1, 0.15) is 28.9 Å². The number of hydrogen-bond donors (Lipinski definition) is 1. The second-order valence-electron chi connectivity index (χ2n) is 7.00. The van der Waals surface area contributed by atoms with Gasteiger partial charge in [-0.15, -0.1) is 0 Å². The molecule has 9 nitrogen and oxygen atoms in total. The van der Waals surface area contributed by atoms with Crippen LogP contribution in [0, 0.1) is 6.92 Å². The Labute approximate surface area is 177 Å². The van der Waals surface area contributed by atoms with Gasteiger partial charge in [0.15, 0.2) is 5.82 Å². The van der Waals surface area contributed by atoms with Crippen molar-refractivity contribution in [2.24, 2.45) is 12.0 Å². The van der Waals surface area contributed by atoms with E-state index in [-0.39, 0.29) is 5.95 Å². The van der Waals surface area contributed by atoms with Crippen molar-refractivity contribution < 1.29 is 4.74 Å². The van der Waals surface area contributed by atoms with E-state index in [1.54, 1.807) is 12.5 Å². The third-order valence-corrected chi connectivity index (χ3v) is 4.87. The second kappa shape index (κ2) is 7.45. The van der Waals surface area contributed by atoms with Crippen LogP contribution in [0.4, 0.5) is 17.5 Å². The number of aliphatic imine (C=N–C) groups is 1. The third kappa shape index (κ3) is 3.52. The number of nitrogens with zero attached hydrogens (tertiary/aromatic N) is 7. The number of hydrogen-bond acceptors (Lipinski definition) is 8. The average molecular weight is 410 g/mol. The molecule has 0 aliphatic carbocycles. The summed E-state index contributed by atoms with van der Waals surface area (Å²) in [6, 6.07) is 11.7. The second-order valence-corrected chi connectivity index (χ2v) is 7.00. The fourth-order valence-corrected chi connectivity index (χ4v) is 3.30. The van der Waals surface area contributed by atoms with Crippen LogP contribution in [0.25, 0.3) is 22.1 Å². The van der Waals surface area contributed by atoms with Gasteiger partial charge in [-0.3, -0.25) is 0 Å². The van der Waals surface area contributed by atoms with Gasteiger partial charge in [-0.2, -0.15) is 0 Å². The Morgan fingerprint density at radius 2 is 1.94 bits per heavy atom. The van der Waals surface area contributed by atoms with E-state index < -0.39 is 0 Å². The van der Waals surface area contributed by atoms with Crippen LogP contribution in [-0.2, 0) is 7.05 Å². The van der Waals surface area contributed by atoms with Crippen molar-refractivity contribution >= 4 is 46.2 Å². The highest BCUT2D eigenvalue weighted by molar-refractivity contribution is 5.87. The SMILES string of the molecule is C=Nc1ncc2ncnc(Nc3ccc(Oc4ccc5c(c4)ncn5C)c(C)c3)c2n1. The van der Waals surface area contributed by atoms with E-state index in [1.165, 1.54) is 6.33 Å². The highest BCUT2D eigenvalue weighted by atomic mass is 16.5. The number of fused-ring (bicyclic) bond motifs is 2. The van der Waals surface area contributed by atoms with Crippen LogP contribution in [-0.4, -0.2) is 36.2 Å². The van der Waals surface area contributed by atoms with Crippen LogP contribution in [0.2, 0.25) is 0 Å². The molecular weight excluding hydrogens is 392 g/mol. The standard InChI is InChI=1S/C22H18N8O/c1-13-8-14(28-21-20-17(25-11-26-21)10-24-22(23-2)29-20)4-7-19(13)31-15-5-6-18-16(9-15)27-12-30(18)3/h4-12H,2H2,1,3H3,(H,25,26,28). The summed E-state index contributed by atoms with van der Waals surface area (Å²) in [6.07, 6.45) is 4.85. The van der Waals surface area contributed by atoms with Crippen LogP contribution < -0.4 is 10.1 Å². The molecule has 0 radical (unpaired) electrons. The van der Waals surface area contributed by atoms with Crippen molar-refractivity contribution in [1.82, 2.24) is 29.5 Å². The number of ether oxygens (including phenoxy) is 1. The molecule has 0 saturated heterocycles. The van der Waals surface area contributed by atoms with Gasteiger partial charge in [-0.1, -0.05) is 0 Å². The minimum absolute atomic E-state index is 0.273. The highest BCUT2D eigenvalue weighted by Crippen LogP contribution is 2.30. The van der Waals surface area contributed by atoms with Gasteiger partial charge in [-0.05, 0) is 49.5 Å². The lowest BCUT2D eigenvalue weighted by molar-refractivity contribution is 0.479. The molecule has 9 heteroatoms. The molecular formula is C22H18N8O. The summed E-state index contributed by atoms with van der Waals surface area (Å²) in [5.41, 5.74) is 4.94. The molecule has 2 aromatic carbocycles. The van der Waals surface area contributed by atoms with E-state index in [0.717, 1.165) is 33.8 Å². The topological polar surface area (TPSA) is 103 Å². The van der Waals surface area contributed by atoms with Crippen molar-refractivity contribution in [3.63, 3.8) is 0 Å². The van der Waals surface area contributed by atoms with Crippen LogP contribution in [0.3, 0.4) is 0 Å². The van der Waals surface area contributed by atoms with Gasteiger partial charge in [0.05, 0.1) is 23.6 Å². The Morgan fingerprint density at radius 3 is 2.77 bits per heavy atom. The number of anilines is 2. The molecule has 5 rings (SSSR count). The molecule has 0 saturated carbocycles. The average Bonchev–Trinajstić information content (AvgIpc) is 3.15. The summed E-state index contributed by atoms with van der Waals surface area (Å²) in [4.78, 5) is 25.1. The van der Waals surface area contributed by atoms with Gasteiger partial charge in [0.25, 0.3) is 0 Å². The molecule has 31 heavy (non-hydrogen) atoms. The molecule has 0 spiro atoms. The first kappa shape index (κ1) is 18.6. The monoisotopic (exact) mass is 410 g/mol. The summed E-state index contributed by atoms with van der Waals surface area (Å²) in [7, 11) is 1.97. The molecule has 1 N–H and O–H groups in total. The molecule has 0 unspecified atom stereocenters. The summed E-state index contributed by atoms with van der Waals surface area (Å²) in [5.74, 6) is 2.33. The van der Waals surface area contributed by atoms with E-state index in [0.29, 0.717) is 16.9 Å². The molecule has 0 fully saturated rings. The maximum Gasteiger partial charge on any atom is 0.249 e. The van der Waals surface area contributed by atoms with Gasteiger partial charge in [-0.25, -0.2) is 29.9 Å². The minimum Gasteiger partial charge on any atom is -0.457 e. The summed E-state index contributed by atoms with van der Waals surface area (Å²) >= 11 is 0. The van der Waals surface area contributed by atoms with E-state index in [4.69, 9.17) is 4.74 Å². The molecule has 152 valence electrons. The van der Waals surface area contributed by atoms with E-state index in [9.17, 15) is 0 Å². The third-order valence-electron chi connectivity index (χ3n) is 4.87. The maximum absolute atomic E-state index is 6.09. The summed E-state index contributed by atoms with van der Waals surface area (Å²) < 4.78 is 8.06. The van der Waals surface area contributed by atoms with Crippen molar-refractivity contribution in [2.45, 2.75) is 6.92 Å². The Balaban J connectivity index is 1.41. The summed E-state index contributed by atoms with van der Waals surface area (Å²) in [6.45, 7) is 5.46. The number of aryl methyl sites for hydroxylation is 2. The van der Waals surface area contributed by atoms with Crippen LogP contribution in [0.5, 0.6) is 11.5 Å². The smallest absolute Gasteiger partial charge is 0.249 e. The van der Waals surface area contributed by atoms with Gasteiger partial charge < -0.3 is 14.6 Å². The molecule has 3 heterocycles. The summed E-state index contributed by atoms with van der Waals surface area (Å²) in [5, 5.41) is 3.29. The molecule has 0 amide bonds. The first-order valence-electron chi connectivity index (χ1n) is 9.52. The number of nitrogens with one attached hydrogen (secondary N) is 1. The van der Waals surface area contributed by atoms with Crippen molar-refractivity contribution in [2.75, 3.05) is 5.32 Å². The normalized spacial score (nSPS) is 11.0. The molecule has 0 aliphatic heterocycles. The van der Waals surface area contributed by atoms with Crippen LogP contribution in [0.1, 0.15) is 5.56 Å². The number of rotatable bonds is 5. The van der Waals surface area contributed by atoms with Gasteiger partial charge in [0.2, 0.25) is 5.95 Å². The number of imidazole rings is 1. The molecule has 0 aliphatic rings.